The second-order valence-electron chi connectivity index (χ2n) is 7.37. The molecule has 0 bridgehead atoms. The van der Waals surface area contributed by atoms with Crippen LogP contribution >= 0.6 is 11.8 Å². The number of rotatable bonds is 5. The van der Waals surface area contributed by atoms with Gasteiger partial charge in [0.05, 0.1) is 37.6 Å². The van der Waals surface area contributed by atoms with E-state index in [0.717, 1.165) is 28.2 Å². The number of nitrogens with zero attached hydrogens (tertiary/aromatic N) is 3. The Morgan fingerprint density at radius 1 is 1.16 bits per heavy atom. The second-order valence-corrected chi connectivity index (χ2v) is 10.2. The first-order valence-corrected chi connectivity index (χ1v) is 12.5. The predicted octanol–water partition coefficient (Wildman–Crippen LogP) is 3.14. The molecular weight excluding hydrogens is 436 g/mol. The molecule has 0 saturated carbocycles. The molecule has 4 rings (SSSR count). The number of benzene rings is 2. The molecule has 8 nitrogen and oxygen atoms in total. The van der Waals surface area contributed by atoms with Crippen LogP contribution in [0.2, 0.25) is 0 Å². The Hall–Kier alpha value is -2.72. The fourth-order valence-corrected chi connectivity index (χ4v) is 5.87. The lowest BCUT2D eigenvalue weighted by molar-refractivity contribution is 0.355. The first kappa shape index (κ1) is 21.5. The topological polar surface area (TPSA) is 92.6 Å². The van der Waals surface area contributed by atoms with E-state index in [1.165, 1.54) is 10.6 Å². The molecule has 2 heterocycles. The number of hydrogen-bond donors (Lipinski definition) is 1. The number of amidine groups is 1. The number of anilines is 1. The minimum Gasteiger partial charge on any atom is -0.493 e. The maximum atomic E-state index is 12.1. The molecule has 0 saturated heterocycles. The minimum atomic E-state index is -3.30. The Morgan fingerprint density at radius 2 is 1.94 bits per heavy atom. The molecular formula is C21H24N4O4S2. The van der Waals surface area contributed by atoms with Crippen molar-refractivity contribution in [2.45, 2.75) is 19.4 Å². The van der Waals surface area contributed by atoms with Gasteiger partial charge in [0, 0.05) is 17.9 Å². The van der Waals surface area contributed by atoms with Gasteiger partial charge >= 0.3 is 0 Å². The Morgan fingerprint density at radius 3 is 2.58 bits per heavy atom. The summed E-state index contributed by atoms with van der Waals surface area (Å²) in [7, 11) is -0.113. The fourth-order valence-electron chi connectivity index (χ4n) is 3.82. The molecule has 0 aliphatic carbocycles. The normalized spacial score (nSPS) is 19.6. The van der Waals surface area contributed by atoms with E-state index < -0.39 is 10.0 Å². The Kier molecular flexibility index (Phi) is 5.85. The number of methoxy groups -OCH3 is 2. The van der Waals surface area contributed by atoms with E-state index in [0.29, 0.717) is 28.8 Å². The molecule has 1 atom stereocenters. The first-order chi connectivity index (χ1) is 14.8. The smallest absolute Gasteiger partial charge is 0.232 e. The van der Waals surface area contributed by atoms with Gasteiger partial charge in [0.15, 0.2) is 16.7 Å². The quantitative estimate of drug-likeness (QED) is 0.737. The van der Waals surface area contributed by atoms with Gasteiger partial charge in [-0.3, -0.25) is 9.73 Å². The van der Waals surface area contributed by atoms with Crippen molar-refractivity contribution in [3.8, 4) is 11.5 Å². The van der Waals surface area contributed by atoms with Gasteiger partial charge in [-0.1, -0.05) is 17.8 Å². The van der Waals surface area contributed by atoms with E-state index in [2.05, 4.69) is 15.5 Å². The van der Waals surface area contributed by atoms with Crippen LogP contribution in [0.25, 0.3) is 0 Å². The Bertz CT molecular complexity index is 1180. The highest BCUT2D eigenvalue weighted by Gasteiger charge is 2.32. The Balaban J connectivity index is 1.53. The summed E-state index contributed by atoms with van der Waals surface area (Å²) in [4.78, 5) is 4.59. The highest BCUT2D eigenvalue weighted by Crippen LogP contribution is 2.35. The van der Waals surface area contributed by atoms with Crippen LogP contribution in [0.5, 0.6) is 11.5 Å². The highest BCUT2D eigenvalue weighted by molar-refractivity contribution is 8.14. The van der Waals surface area contributed by atoms with Crippen molar-refractivity contribution in [2.24, 2.45) is 10.1 Å². The zero-order valence-electron chi connectivity index (χ0n) is 17.7. The maximum Gasteiger partial charge on any atom is 0.232 e. The van der Waals surface area contributed by atoms with Crippen LogP contribution in [0, 0.1) is 0 Å². The van der Waals surface area contributed by atoms with Crippen LogP contribution in [0.4, 0.5) is 11.4 Å². The molecule has 2 aromatic carbocycles. The van der Waals surface area contributed by atoms with Crippen LogP contribution in [0.1, 0.15) is 18.1 Å². The van der Waals surface area contributed by atoms with Crippen molar-refractivity contribution in [3.63, 3.8) is 0 Å². The first-order valence-electron chi connectivity index (χ1n) is 9.69. The van der Waals surface area contributed by atoms with E-state index >= 15 is 0 Å². The molecule has 0 fully saturated rings. The van der Waals surface area contributed by atoms with Crippen molar-refractivity contribution in [1.29, 1.82) is 0 Å². The number of fused-ring (bicyclic) bond motifs is 1. The summed E-state index contributed by atoms with van der Waals surface area (Å²) in [5.74, 6) is 1.92. The van der Waals surface area contributed by atoms with Crippen molar-refractivity contribution < 1.29 is 17.9 Å². The summed E-state index contributed by atoms with van der Waals surface area (Å²) >= 11 is 1.55. The molecule has 0 radical (unpaired) electrons. The molecule has 0 spiro atoms. The molecule has 1 N–H and O–H groups in total. The molecule has 31 heavy (non-hydrogen) atoms. The van der Waals surface area contributed by atoms with Gasteiger partial charge in [0.25, 0.3) is 0 Å². The van der Waals surface area contributed by atoms with E-state index in [1.807, 2.05) is 43.3 Å². The molecule has 0 aromatic heterocycles. The van der Waals surface area contributed by atoms with E-state index in [9.17, 15) is 8.42 Å². The number of thioether (sulfide) groups is 1. The number of hydrazone groups is 1. The third-order valence-electron chi connectivity index (χ3n) is 5.15. The van der Waals surface area contributed by atoms with Gasteiger partial charge in [0.2, 0.25) is 10.0 Å². The zero-order chi connectivity index (χ0) is 22.2. The average Bonchev–Trinajstić information content (AvgIpc) is 3.09. The van der Waals surface area contributed by atoms with Crippen LogP contribution in [0.3, 0.4) is 0 Å². The summed E-state index contributed by atoms with van der Waals surface area (Å²) in [6, 6.07) is 11.2. The van der Waals surface area contributed by atoms with Gasteiger partial charge in [-0.25, -0.2) is 13.4 Å². The maximum absolute atomic E-state index is 12.1. The zero-order valence-corrected chi connectivity index (χ0v) is 19.4. The molecule has 0 amide bonds. The predicted molar refractivity (Wildman–Crippen MR) is 126 cm³/mol. The summed E-state index contributed by atoms with van der Waals surface area (Å²) in [5, 5.41) is 5.18. The van der Waals surface area contributed by atoms with Gasteiger partial charge in [-0.05, 0) is 48.7 Å². The van der Waals surface area contributed by atoms with Crippen LogP contribution in [-0.4, -0.2) is 51.6 Å². The number of nitrogens with one attached hydrogen (secondary N) is 1. The molecule has 0 unspecified atom stereocenters. The average molecular weight is 461 g/mol. The van der Waals surface area contributed by atoms with Gasteiger partial charge in [0.1, 0.15) is 0 Å². The van der Waals surface area contributed by atoms with Gasteiger partial charge in [-0.15, -0.1) is 0 Å². The lowest BCUT2D eigenvalue weighted by atomic mass is 10.0. The summed E-state index contributed by atoms with van der Waals surface area (Å²) in [6.45, 7) is 1.92. The second kappa shape index (κ2) is 8.43. The SMILES string of the molecule is COc1ccc(N=C2NN=C(c3ccc4c(c3)C[C@@H](C)N4S(C)(=O)=O)CS2)cc1OC. The lowest BCUT2D eigenvalue weighted by Crippen LogP contribution is -2.34. The molecule has 2 aromatic rings. The van der Waals surface area contributed by atoms with Gasteiger partial charge < -0.3 is 9.47 Å². The molecule has 164 valence electrons. The third-order valence-corrected chi connectivity index (χ3v) is 7.30. The number of hydrogen-bond acceptors (Lipinski definition) is 7. The summed E-state index contributed by atoms with van der Waals surface area (Å²) in [5.41, 5.74) is 7.40. The van der Waals surface area contributed by atoms with E-state index in [1.54, 1.807) is 26.0 Å². The standard InChI is InChI=1S/C21H24N4O4S2/c1-13-9-15-10-14(5-7-18(15)25(13)31(4,26)27)17-12-30-21(24-23-17)22-16-6-8-19(28-2)20(11-16)29-3/h5-8,10-11,13H,9,12H2,1-4H3,(H,22,24)/t13-/m1/s1. The van der Waals surface area contributed by atoms with Crippen molar-refractivity contribution >= 4 is 44.0 Å². The van der Waals surface area contributed by atoms with E-state index in [4.69, 9.17) is 9.47 Å². The van der Waals surface area contributed by atoms with Crippen LogP contribution in [-0.2, 0) is 16.4 Å². The summed E-state index contributed by atoms with van der Waals surface area (Å²) in [6.07, 6.45) is 1.94. The van der Waals surface area contributed by atoms with Crippen LogP contribution < -0.4 is 19.2 Å². The monoisotopic (exact) mass is 460 g/mol. The van der Waals surface area contributed by atoms with Crippen molar-refractivity contribution in [2.75, 3.05) is 30.5 Å². The number of aliphatic imine (C=N–C) groups is 1. The summed E-state index contributed by atoms with van der Waals surface area (Å²) < 4.78 is 36.3. The van der Waals surface area contributed by atoms with Crippen molar-refractivity contribution in [3.05, 3.63) is 47.5 Å². The molecule has 10 heteroatoms. The van der Waals surface area contributed by atoms with Crippen LogP contribution in [0.15, 0.2) is 46.5 Å². The fraction of sp³-hybridized carbons (Fsp3) is 0.333. The third kappa shape index (κ3) is 4.35. The van der Waals surface area contributed by atoms with Gasteiger partial charge in [-0.2, -0.15) is 5.10 Å². The minimum absolute atomic E-state index is 0.0822. The number of sulfonamides is 1. The molecule has 2 aliphatic rings. The number of ether oxygens (including phenoxy) is 2. The Labute approximate surface area is 186 Å². The molecule has 2 aliphatic heterocycles. The lowest BCUT2D eigenvalue weighted by Gasteiger charge is -2.22. The largest absolute Gasteiger partial charge is 0.493 e. The highest BCUT2D eigenvalue weighted by atomic mass is 32.2. The van der Waals surface area contributed by atoms with E-state index in [-0.39, 0.29) is 6.04 Å². The van der Waals surface area contributed by atoms with Crippen molar-refractivity contribution in [1.82, 2.24) is 5.43 Å².